The summed E-state index contributed by atoms with van der Waals surface area (Å²) in [6, 6.07) is 3.76. The summed E-state index contributed by atoms with van der Waals surface area (Å²) in [6.45, 7) is 0. The van der Waals surface area contributed by atoms with E-state index in [1.54, 1.807) is 14.2 Å². The molecule has 1 aromatic carbocycles. The number of aryl methyl sites for hydroxylation is 1. The second-order valence-corrected chi connectivity index (χ2v) is 3.95. The molecule has 4 nitrogen and oxygen atoms in total. The molecule has 0 unspecified atom stereocenters. The summed E-state index contributed by atoms with van der Waals surface area (Å²) in [6.07, 6.45) is 0. The van der Waals surface area contributed by atoms with Crippen LogP contribution in [0.2, 0.25) is 0 Å². The van der Waals surface area contributed by atoms with Crippen LogP contribution in [0.3, 0.4) is 0 Å². The topological polar surface area (TPSA) is 36.3 Å². The standard InChI is InChI=1S/C11H13BrN2O2/c1-14-9(6-12)13-10-7(15-2)4-5-8(16-3)11(10)14/h4-5H,6H2,1-3H3. The third kappa shape index (κ3) is 1.55. The van der Waals surface area contributed by atoms with Crippen LogP contribution in [0.4, 0.5) is 0 Å². The van der Waals surface area contributed by atoms with Gasteiger partial charge >= 0.3 is 0 Å². The number of fused-ring (bicyclic) bond motifs is 1. The van der Waals surface area contributed by atoms with Crippen LogP contribution in [0.5, 0.6) is 11.5 Å². The maximum Gasteiger partial charge on any atom is 0.146 e. The summed E-state index contributed by atoms with van der Waals surface area (Å²) in [7, 11) is 5.26. The average Bonchev–Trinajstić information content (AvgIpc) is 2.66. The molecule has 2 aromatic rings. The number of alkyl halides is 1. The number of nitrogens with zero attached hydrogens (tertiary/aromatic N) is 2. The van der Waals surface area contributed by atoms with E-state index in [1.165, 1.54) is 0 Å². The van der Waals surface area contributed by atoms with Crippen molar-refractivity contribution in [2.75, 3.05) is 14.2 Å². The molecular weight excluding hydrogens is 272 g/mol. The second kappa shape index (κ2) is 4.33. The van der Waals surface area contributed by atoms with Crippen molar-refractivity contribution < 1.29 is 9.47 Å². The molecule has 16 heavy (non-hydrogen) atoms. The van der Waals surface area contributed by atoms with E-state index in [4.69, 9.17) is 9.47 Å². The van der Waals surface area contributed by atoms with Crippen molar-refractivity contribution >= 4 is 27.0 Å². The van der Waals surface area contributed by atoms with Gasteiger partial charge in [0.25, 0.3) is 0 Å². The molecule has 0 aliphatic heterocycles. The number of methoxy groups -OCH3 is 2. The zero-order valence-corrected chi connectivity index (χ0v) is 11.0. The first kappa shape index (κ1) is 11.3. The highest BCUT2D eigenvalue weighted by Gasteiger charge is 2.15. The molecule has 0 N–H and O–H groups in total. The van der Waals surface area contributed by atoms with Gasteiger partial charge in [0.2, 0.25) is 0 Å². The highest BCUT2D eigenvalue weighted by atomic mass is 79.9. The Hall–Kier alpha value is -1.23. The predicted octanol–water partition coefficient (Wildman–Crippen LogP) is 2.49. The van der Waals surface area contributed by atoms with Crippen LogP contribution in [0.1, 0.15) is 5.82 Å². The third-order valence-electron chi connectivity index (χ3n) is 2.60. The Bertz CT molecular complexity index is 522. The van der Waals surface area contributed by atoms with Gasteiger partial charge in [0.15, 0.2) is 0 Å². The summed E-state index contributed by atoms with van der Waals surface area (Å²) in [4.78, 5) is 4.52. The maximum absolute atomic E-state index is 5.33. The maximum atomic E-state index is 5.33. The molecule has 0 spiro atoms. The highest BCUT2D eigenvalue weighted by Crippen LogP contribution is 2.33. The lowest BCUT2D eigenvalue weighted by molar-refractivity contribution is 0.409. The first-order valence-corrected chi connectivity index (χ1v) is 5.97. The number of ether oxygens (including phenoxy) is 2. The summed E-state index contributed by atoms with van der Waals surface area (Å²) in [5.41, 5.74) is 1.79. The monoisotopic (exact) mass is 284 g/mol. The van der Waals surface area contributed by atoms with Gasteiger partial charge < -0.3 is 14.0 Å². The minimum atomic E-state index is 0.699. The molecule has 0 bridgehead atoms. The van der Waals surface area contributed by atoms with Crippen molar-refractivity contribution in [3.8, 4) is 11.5 Å². The van der Waals surface area contributed by atoms with Crippen molar-refractivity contribution in [3.05, 3.63) is 18.0 Å². The van der Waals surface area contributed by atoms with Crippen molar-refractivity contribution in [3.63, 3.8) is 0 Å². The van der Waals surface area contributed by atoms with Crippen LogP contribution in [0, 0.1) is 0 Å². The zero-order chi connectivity index (χ0) is 11.7. The van der Waals surface area contributed by atoms with Crippen molar-refractivity contribution in [2.45, 2.75) is 5.33 Å². The first-order valence-electron chi connectivity index (χ1n) is 4.85. The Morgan fingerprint density at radius 2 is 1.88 bits per heavy atom. The van der Waals surface area contributed by atoms with E-state index in [0.29, 0.717) is 5.33 Å². The zero-order valence-electron chi connectivity index (χ0n) is 9.45. The molecule has 0 amide bonds. The van der Waals surface area contributed by atoms with Gasteiger partial charge in [0.05, 0.1) is 19.5 Å². The fourth-order valence-electron chi connectivity index (χ4n) is 1.76. The molecule has 1 aromatic heterocycles. The summed E-state index contributed by atoms with van der Waals surface area (Å²) < 4.78 is 12.6. The van der Waals surface area contributed by atoms with Crippen LogP contribution in [-0.2, 0) is 12.4 Å². The van der Waals surface area contributed by atoms with Gasteiger partial charge in [-0.05, 0) is 12.1 Å². The van der Waals surface area contributed by atoms with E-state index < -0.39 is 0 Å². The van der Waals surface area contributed by atoms with E-state index in [2.05, 4.69) is 20.9 Å². The van der Waals surface area contributed by atoms with Crippen molar-refractivity contribution in [1.82, 2.24) is 9.55 Å². The van der Waals surface area contributed by atoms with Gasteiger partial charge in [-0.2, -0.15) is 0 Å². The lowest BCUT2D eigenvalue weighted by Crippen LogP contribution is -1.95. The first-order chi connectivity index (χ1) is 7.72. The van der Waals surface area contributed by atoms with Crippen molar-refractivity contribution in [2.24, 2.45) is 7.05 Å². The largest absolute Gasteiger partial charge is 0.494 e. The molecule has 2 rings (SSSR count). The van der Waals surface area contributed by atoms with E-state index >= 15 is 0 Å². The molecule has 0 atom stereocenters. The van der Waals surface area contributed by atoms with Crippen LogP contribution in [0.15, 0.2) is 12.1 Å². The highest BCUT2D eigenvalue weighted by molar-refractivity contribution is 9.08. The lowest BCUT2D eigenvalue weighted by atomic mass is 10.2. The minimum absolute atomic E-state index is 0.699. The number of aromatic nitrogens is 2. The van der Waals surface area contributed by atoms with Gasteiger partial charge in [-0.25, -0.2) is 4.98 Å². The number of imidazole rings is 1. The Morgan fingerprint density at radius 1 is 1.25 bits per heavy atom. The molecular formula is C11H13BrN2O2. The second-order valence-electron chi connectivity index (χ2n) is 3.39. The van der Waals surface area contributed by atoms with Crippen LogP contribution in [-0.4, -0.2) is 23.8 Å². The summed E-state index contributed by atoms with van der Waals surface area (Å²) >= 11 is 3.41. The van der Waals surface area contributed by atoms with Gasteiger partial charge in [0.1, 0.15) is 28.4 Å². The van der Waals surface area contributed by atoms with Gasteiger partial charge in [-0.15, -0.1) is 0 Å². The summed E-state index contributed by atoms with van der Waals surface area (Å²) in [5, 5.41) is 0.699. The van der Waals surface area contributed by atoms with E-state index in [0.717, 1.165) is 28.4 Å². The number of hydrogen-bond donors (Lipinski definition) is 0. The Kier molecular flexibility index (Phi) is 3.05. The molecule has 86 valence electrons. The minimum Gasteiger partial charge on any atom is -0.494 e. The average molecular weight is 285 g/mol. The Morgan fingerprint density at radius 3 is 2.44 bits per heavy atom. The number of hydrogen-bond acceptors (Lipinski definition) is 3. The molecule has 0 radical (unpaired) electrons. The molecule has 0 aliphatic rings. The normalized spacial score (nSPS) is 10.8. The SMILES string of the molecule is COc1ccc(OC)c2c1nc(CBr)n2C. The van der Waals surface area contributed by atoms with Crippen LogP contribution >= 0.6 is 15.9 Å². The molecule has 1 heterocycles. The fourth-order valence-corrected chi connectivity index (χ4v) is 2.26. The van der Waals surface area contributed by atoms with Gasteiger partial charge in [-0.1, -0.05) is 15.9 Å². The molecule has 0 fully saturated rings. The number of halogens is 1. The van der Waals surface area contributed by atoms with Crippen molar-refractivity contribution in [1.29, 1.82) is 0 Å². The Labute approximate surface area is 102 Å². The number of benzene rings is 1. The third-order valence-corrected chi connectivity index (χ3v) is 3.10. The van der Waals surface area contributed by atoms with Crippen LogP contribution in [0.25, 0.3) is 11.0 Å². The Balaban J connectivity index is 2.82. The molecule has 0 aliphatic carbocycles. The van der Waals surface area contributed by atoms with Gasteiger partial charge in [0, 0.05) is 7.05 Å². The van der Waals surface area contributed by atoms with Crippen LogP contribution < -0.4 is 9.47 Å². The quantitative estimate of drug-likeness (QED) is 0.813. The van der Waals surface area contributed by atoms with E-state index in [1.807, 2.05) is 23.7 Å². The van der Waals surface area contributed by atoms with E-state index in [-0.39, 0.29) is 0 Å². The molecule has 0 saturated carbocycles. The fraction of sp³-hybridized carbons (Fsp3) is 0.364. The van der Waals surface area contributed by atoms with Gasteiger partial charge in [-0.3, -0.25) is 0 Å². The smallest absolute Gasteiger partial charge is 0.146 e. The number of rotatable bonds is 3. The molecule has 5 heteroatoms. The summed E-state index contributed by atoms with van der Waals surface area (Å²) in [5.74, 6) is 2.51. The molecule has 0 saturated heterocycles. The predicted molar refractivity (Wildman–Crippen MR) is 66.4 cm³/mol. The lowest BCUT2D eigenvalue weighted by Gasteiger charge is -2.06. The van der Waals surface area contributed by atoms with E-state index in [9.17, 15) is 0 Å².